The Labute approximate surface area is 210 Å². The van der Waals surface area contributed by atoms with Crippen LogP contribution in [0, 0.1) is 13.8 Å². The summed E-state index contributed by atoms with van der Waals surface area (Å²) in [5.74, 6) is 0.782. The highest BCUT2D eigenvalue weighted by atomic mass is 35.5. The number of benzene rings is 2. The fourth-order valence-corrected chi connectivity index (χ4v) is 5.34. The number of nitrogens with zero attached hydrogens (tertiary/aromatic N) is 3. The van der Waals surface area contributed by atoms with Gasteiger partial charge < -0.3 is 19.5 Å². The normalized spacial score (nSPS) is 17.6. The molecule has 1 fully saturated rings. The van der Waals surface area contributed by atoms with E-state index in [1.54, 1.807) is 7.11 Å². The lowest BCUT2D eigenvalue weighted by Gasteiger charge is -2.28. The fourth-order valence-electron chi connectivity index (χ4n) is 4.81. The van der Waals surface area contributed by atoms with Gasteiger partial charge in [-0.05, 0) is 80.2 Å². The maximum Gasteiger partial charge on any atom is 0.174 e. The van der Waals surface area contributed by atoms with Crippen LogP contribution < -0.4 is 15.0 Å². The molecule has 1 aliphatic heterocycles. The maximum absolute atomic E-state index is 6.32. The van der Waals surface area contributed by atoms with Gasteiger partial charge in [-0.25, -0.2) is 0 Å². The third kappa shape index (κ3) is 3.93. The number of anilines is 1. The van der Waals surface area contributed by atoms with Gasteiger partial charge in [-0.15, -0.1) is 0 Å². The molecule has 0 aliphatic carbocycles. The van der Waals surface area contributed by atoms with Crippen molar-refractivity contribution >= 4 is 34.6 Å². The van der Waals surface area contributed by atoms with E-state index >= 15 is 0 Å². The minimum absolute atomic E-state index is 0.103. The highest BCUT2D eigenvalue weighted by Gasteiger charge is 2.42. The lowest BCUT2D eigenvalue weighted by atomic mass is 9.96. The van der Waals surface area contributed by atoms with Crippen molar-refractivity contribution in [1.82, 2.24) is 14.9 Å². The van der Waals surface area contributed by atoms with E-state index in [4.69, 9.17) is 28.6 Å². The Morgan fingerprint density at radius 1 is 0.971 bits per heavy atom. The van der Waals surface area contributed by atoms with E-state index in [1.165, 1.54) is 5.56 Å². The molecule has 1 saturated heterocycles. The van der Waals surface area contributed by atoms with Gasteiger partial charge in [0, 0.05) is 40.0 Å². The molecule has 2 atom stereocenters. The van der Waals surface area contributed by atoms with Crippen molar-refractivity contribution < 1.29 is 4.74 Å². The van der Waals surface area contributed by atoms with Crippen LogP contribution in [0.5, 0.6) is 5.75 Å². The monoisotopic (exact) mass is 488 g/mol. The number of thiocarbonyl (C=S) groups is 1. The Bertz CT molecular complexity index is 1350. The van der Waals surface area contributed by atoms with E-state index < -0.39 is 0 Å². The average molecular weight is 489 g/mol. The van der Waals surface area contributed by atoms with Gasteiger partial charge in [0.15, 0.2) is 5.11 Å². The van der Waals surface area contributed by atoms with Gasteiger partial charge in [0.2, 0.25) is 0 Å². The minimum atomic E-state index is -0.117. The second-order valence-electron chi connectivity index (χ2n) is 8.34. The van der Waals surface area contributed by atoms with Gasteiger partial charge >= 0.3 is 0 Å². The van der Waals surface area contributed by atoms with Crippen LogP contribution in [0.3, 0.4) is 0 Å². The predicted octanol–water partition coefficient (Wildman–Crippen LogP) is 6.33. The van der Waals surface area contributed by atoms with E-state index in [9.17, 15) is 0 Å². The van der Waals surface area contributed by atoms with Crippen molar-refractivity contribution in [2.45, 2.75) is 25.9 Å². The number of hydrogen-bond acceptors (Lipinski definition) is 3. The van der Waals surface area contributed by atoms with E-state index in [0.717, 1.165) is 34.2 Å². The first kappa shape index (κ1) is 22.4. The van der Waals surface area contributed by atoms with Crippen LogP contribution in [0.4, 0.5) is 5.69 Å². The van der Waals surface area contributed by atoms with Crippen LogP contribution >= 0.6 is 23.8 Å². The first-order valence-corrected chi connectivity index (χ1v) is 11.9. The molecule has 5 nitrogen and oxygen atoms in total. The summed E-state index contributed by atoms with van der Waals surface area (Å²) < 4.78 is 7.74. The van der Waals surface area contributed by atoms with Crippen molar-refractivity contribution in [2.24, 2.45) is 0 Å². The Morgan fingerprint density at radius 3 is 2.50 bits per heavy atom. The number of ether oxygens (including phenoxy) is 1. The summed E-state index contributed by atoms with van der Waals surface area (Å²) in [6.45, 7) is 4.26. The highest BCUT2D eigenvalue weighted by Crippen LogP contribution is 2.44. The van der Waals surface area contributed by atoms with Crippen molar-refractivity contribution in [1.29, 1.82) is 0 Å². The molecule has 3 heterocycles. The summed E-state index contributed by atoms with van der Waals surface area (Å²) in [5.41, 5.74) is 6.36. The fraction of sp³-hybridized carbons (Fsp3) is 0.185. The van der Waals surface area contributed by atoms with E-state index in [-0.39, 0.29) is 12.1 Å². The molecule has 0 unspecified atom stereocenters. The summed E-state index contributed by atoms with van der Waals surface area (Å²) in [6, 6.07) is 23.9. The maximum atomic E-state index is 6.32. The molecule has 0 bridgehead atoms. The highest BCUT2D eigenvalue weighted by molar-refractivity contribution is 7.80. The number of nitrogens with one attached hydrogen (secondary N) is 1. The quantitative estimate of drug-likeness (QED) is 0.332. The number of aryl methyl sites for hydroxylation is 1. The van der Waals surface area contributed by atoms with Crippen molar-refractivity contribution in [3.63, 3.8) is 0 Å². The van der Waals surface area contributed by atoms with Crippen LogP contribution in [0.25, 0.3) is 5.69 Å². The molecule has 7 heteroatoms. The number of halogens is 1. The first-order chi connectivity index (χ1) is 16.5. The SMILES string of the molecule is COc1cccc(N2C(=S)N[C@H](c3ccccn3)[C@@H]2c2cc(C)n(-c3cccc(Cl)c3)c2C)c1. The molecule has 1 N–H and O–H groups in total. The third-order valence-electron chi connectivity index (χ3n) is 6.28. The molecule has 0 spiro atoms. The van der Waals surface area contributed by atoms with Crippen molar-refractivity contribution in [3.8, 4) is 11.4 Å². The van der Waals surface area contributed by atoms with Gasteiger partial charge in [-0.2, -0.15) is 0 Å². The van der Waals surface area contributed by atoms with E-state index in [0.29, 0.717) is 10.1 Å². The van der Waals surface area contributed by atoms with Crippen molar-refractivity contribution in [2.75, 3.05) is 12.0 Å². The summed E-state index contributed by atoms with van der Waals surface area (Å²) >= 11 is 12.2. The number of pyridine rings is 1. The summed E-state index contributed by atoms with van der Waals surface area (Å²) in [7, 11) is 1.67. The third-order valence-corrected chi connectivity index (χ3v) is 6.83. The largest absolute Gasteiger partial charge is 0.497 e. The van der Waals surface area contributed by atoms with Crippen LogP contribution in [0.1, 0.15) is 34.7 Å². The van der Waals surface area contributed by atoms with Crippen molar-refractivity contribution in [3.05, 3.63) is 107 Å². The molecule has 5 rings (SSSR count). The molecule has 0 radical (unpaired) electrons. The molecule has 172 valence electrons. The van der Waals surface area contributed by atoms with Gasteiger partial charge in [0.1, 0.15) is 5.75 Å². The molecule has 34 heavy (non-hydrogen) atoms. The Kier molecular flexibility index (Phi) is 6.02. The lowest BCUT2D eigenvalue weighted by Crippen LogP contribution is -2.29. The minimum Gasteiger partial charge on any atom is -0.497 e. The predicted molar refractivity (Wildman–Crippen MR) is 141 cm³/mol. The lowest BCUT2D eigenvalue weighted by molar-refractivity contribution is 0.415. The second kappa shape index (κ2) is 9.12. The average Bonchev–Trinajstić information content (AvgIpc) is 3.34. The molecule has 0 amide bonds. The molecular weight excluding hydrogens is 464 g/mol. The summed E-state index contributed by atoms with van der Waals surface area (Å²) in [5, 5.41) is 4.90. The van der Waals surface area contributed by atoms with Gasteiger partial charge in [0.05, 0.1) is 24.9 Å². The zero-order valence-electron chi connectivity index (χ0n) is 19.2. The molecule has 2 aromatic heterocycles. The van der Waals surface area contributed by atoms with Crippen LogP contribution in [0.2, 0.25) is 5.02 Å². The topological polar surface area (TPSA) is 42.3 Å². The van der Waals surface area contributed by atoms with Crippen LogP contribution in [0.15, 0.2) is 79.0 Å². The van der Waals surface area contributed by atoms with Crippen LogP contribution in [-0.4, -0.2) is 21.8 Å². The molecular formula is C27H25ClN4OS. The molecule has 0 saturated carbocycles. The standard InChI is InChI=1S/C27H25ClN4OS/c1-17-14-23(18(2)31(17)20-9-6-8-19(28)15-20)26-25(24-12-4-5-13-29-24)30-27(34)32(26)21-10-7-11-22(16-21)33-3/h4-16,25-26H,1-3H3,(H,30,34)/t25-,26+/m1/s1. The molecule has 1 aliphatic rings. The number of rotatable bonds is 5. The zero-order valence-corrected chi connectivity index (χ0v) is 20.8. The Morgan fingerprint density at radius 2 is 1.76 bits per heavy atom. The van der Waals surface area contributed by atoms with Gasteiger partial charge in [-0.3, -0.25) is 4.98 Å². The van der Waals surface area contributed by atoms with Gasteiger partial charge in [0.25, 0.3) is 0 Å². The summed E-state index contributed by atoms with van der Waals surface area (Å²) in [4.78, 5) is 6.83. The Balaban J connectivity index is 1.69. The van der Waals surface area contributed by atoms with E-state index in [1.807, 2.05) is 60.8 Å². The molecule has 2 aromatic carbocycles. The first-order valence-electron chi connectivity index (χ1n) is 11.1. The second-order valence-corrected chi connectivity index (χ2v) is 9.16. The van der Waals surface area contributed by atoms with E-state index in [2.05, 4.69) is 51.8 Å². The van der Waals surface area contributed by atoms with Gasteiger partial charge in [-0.1, -0.05) is 29.8 Å². The smallest absolute Gasteiger partial charge is 0.174 e. The zero-order chi connectivity index (χ0) is 23.8. The Hall–Kier alpha value is -3.35. The number of methoxy groups -OCH3 is 1. The number of hydrogen-bond donors (Lipinski definition) is 1. The molecule has 4 aromatic rings. The van der Waals surface area contributed by atoms with Crippen LogP contribution in [-0.2, 0) is 0 Å². The summed E-state index contributed by atoms with van der Waals surface area (Å²) in [6.07, 6.45) is 1.82. The number of aromatic nitrogens is 2.